The van der Waals surface area contributed by atoms with E-state index >= 15 is 0 Å². The van der Waals surface area contributed by atoms with Crippen molar-refractivity contribution in [1.29, 1.82) is 0 Å². The van der Waals surface area contributed by atoms with Gasteiger partial charge in [0, 0.05) is 38.1 Å². The van der Waals surface area contributed by atoms with E-state index in [9.17, 15) is 4.79 Å². The van der Waals surface area contributed by atoms with E-state index in [2.05, 4.69) is 9.97 Å². The number of aryl methyl sites for hydroxylation is 1. The van der Waals surface area contributed by atoms with Gasteiger partial charge in [-0.15, -0.1) is 0 Å². The van der Waals surface area contributed by atoms with Crippen LogP contribution in [0.2, 0.25) is 0 Å². The Morgan fingerprint density at radius 2 is 2.00 bits per heavy atom. The van der Waals surface area contributed by atoms with E-state index in [0.29, 0.717) is 11.2 Å². The second-order valence-corrected chi connectivity index (χ2v) is 2.59. The van der Waals surface area contributed by atoms with Crippen molar-refractivity contribution < 1.29 is 32.7 Å². The van der Waals surface area contributed by atoms with Gasteiger partial charge in [-0.05, 0) is 12.4 Å². The van der Waals surface area contributed by atoms with Gasteiger partial charge in [0.2, 0.25) is 0 Å². The predicted octanol–water partition coefficient (Wildman–Crippen LogP) is 0.858. The Morgan fingerprint density at radius 3 is 2.77 bits per heavy atom. The number of benzene rings is 1. The molecule has 1 radical (unpaired) electrons. The molecule has 13 heavy (non-hydrogen) atoms. The molecule has 0 saturated carbocycles. The number of fused-ring (bicyclic) bond motifs is 1. The van der Waals surface area contributed by atoms with E-state index in [1.807, 2.05) is 18.2 Å². The van der Waals surface area contributed by atoms with Crippen molar-refractivity contribution in [3.8, 4) is 0 Å². The first kappa shape index (κ1) is 10.5. The van der Waals surface area contributed by atoms with E-state index < -0.39 is 0 Å². The van der Waals surface area contributed by atoms with Crippen LogP contribution in [-0.4, -0.2) is 4.98 Å². The zero-order chi connectivity index (χ0) is 8.55. The second kappa shape index (κ2) is 4.12. The van der Waals surface area contributed by atoms with Gasteiger partial charge in [0.1, 0.15) is 0 Å². The molecule has 0 atom stereocenters. The minimum Gasteiger partial charge on any atom is -0.439 e. The molecule has 0 aliphatic rings. The fourth-order valence-electron chi connectivity index (χ4n) is 1.16. The average Bonchev–Trinajstić information content (AvgIpc) is 2.04. The van der Waals surface area contributed by atoms with Crippen molar-refractivity contribution in [2.45, 2.75) is 6.92 Å². The fourth-order valence-corrected chi connectivity index (χ4v) is 1.16. The van der Waals surface area contributed by atoms with Crippen LogP contribution in [0.5, 0.6) is 0 Å². The van der Waals surface area contributed by atoms with E-state index in [1.54, 1.807) is 13.0 Å². The van der Waals surface area contributed by atoms with Gasteiger partial charge in [-0.2, -0.15) is 0 Å². The molecule has 0 spiro atoms. The van der Waals surface area contributed by atoms with Crippen molar-refractivity contribution in [2.24, 2.45) is 0 Å². The van der Waals surface area contributed by atoms with Crippen LogP contribution in [-0.2, 0) is 32.7 Å². The van der Waals surface area contributed by atoms with Crippen LogP contribution in [0.15, 0.2) is 29.1 Å². The summed E-state index contributed by atoms with van der Waals surface area (Å²) in [6.07, 6.45) is 0. The minimum absolute atomic E-state index is 0. The van der Waals surface area contributed by atoms with Crippen LogP contribution >= 0.6 is 0 Å². The molecule has 63 valence electrons. The molecule has 2 rings (SSSR count). The minimum atomic E-state index is -0.196. The normalized spacial score (nSPS) is 9.62. The van der Waals surface area contributed by atoms with Gasteiger partial charge in [-0.25, -0.2) is 0 Å². The Labute approximate surface area is 100 Å². The number of aromatic nitrogens is 2. The molecule has 1 aromatic heterocycles. The van der Waals surface area contributed by atoms with Crippen molar-refractivity contribution in [1.82, 2.24) is 9.97 Å². The van der Waals surface area contributed by atoms with E-state index in [0.717, 1.165) is 5.52 Å². The summed E-state index contributed by atoms with van der Waals surface area (Å²) in [5, 5.41) is 0.586. The summed E-state index contributed by atoms with van der Waals surface area (Å²) in [6, 6.07) is 7.21. The van der Waals surface area contributed by atoms with Gasteiger partial charge in [-0.1, -0.05) is 30.1 Å². The topological polar surface area (TPSA) is 44.1 Å². The predicted molar refractivity (Wildman–Crippen MR) is 46.1 cm³/mol. The van der Waals surface area contributed by atoms with E-state index in [-0.39, 0.29) is 38.3 Å². The standard InChI is InChI=1S/C9H8N2O.Y/c1-6-10-8-5-3-2-4-7(8)9(12)11-6;/h2-5H,1H3,(H,10,11,12);/p-1. The third kappa shape index (κ3) is 2.03. The van der Waals surface area contributed by atoms with Crippen LogP contribution in [0.1, 0.15) is 5.82 Å². The molecule has 0 bridgehead atoms. The van der Waals surface area contributed by atoms with Gasteiger partial charge < -0.3 is 9.97 Å². The second-order valence-electron chi connectivity index (χ2n) is 2.59. The Hall–Kier alpha value is -0.536. The fraction of sp³-hybridized carbons (Fsp3) is 0.111. The largest absolute Gasteiger partial charge is 0.439 e. The summed E-state index contributed by atoms with van der Waals surface area (Å²) in [6.45, 7) is 1.72. The van der Waals surface area contributed by atoms with E-state index in [4.69, 9.17) is 0 Å². The summed E-state index contributed by atoms with van der Waals surface area (Å²) in [5.41, 5.74) is 0.521. The SMILES string of the molecule is Cc1nc2ccccc2c(=O)[n-]1.[Y]. The summed E-state index contributed by atoms with van der Waals surface area (Å²) in [7, 11) is 0. The molecular formula is C9H7N2OY-. The Morgan fingerprint density at radius 1 is 1.31 bits per heavy atom. The molecule has 0 aliphatic heterocycles. The summed E-state index contributed by atoms with van der Waals surface area (Å²) in [5.74, 6) is 0.527. The maximum Gasteiger partial charge on any atom is 0.178 e. The van der Waals surface area contributed by atoms with Gasteiger partial charge >= 0.3 is 0 Å². The van der Waals surface area contributed by atoms with Crippen LogP contribution in [0.4, 0.5) is 0 Å². The monoisotopic (exact) mass is 248 g/mol. The third-order valence-electron chi connectivity index (χ3n) is 1.68. The zero-order valence-corrected chi connectivity index (χ0v) is 10.0. The van der Waals surface area contributed by atoms with Crippen LogP contribution in [0.25, 0.3) is 10.9 Å². The maximum absolute atomic E-state index is 11.2. The summed E-state index contributed by atoms with van der Waals surface area (Å²) >= 11 is 0. The van der Waals surface area contributed by atoms with Gasteiger partial charge in [0.15, 0.2) is 5.56 Å². The molecule has 4 heteroatoms. The first-order valence-corrected chi connectivity index (χ1v) is 3.68. The van der Waals surface area contributed by atoms with Crippen molar-refractivity contribution in [3.05, 3.63) is 40.4 Å². The van der Waals surface area contributed by atoms with Crippen LogP contribution in [0, 0.1) is 6.92 Å². The van der Waals surface area contributed by atoms with Crippen molar-refractivity contribution in [2.75, 3.05) is 0 Å². The van der Waals surface area contributed by atoms with Gasteiger partial charge in [0.05, 0.1) is 0 Å². The Balaban J connectivity index is 0.000000845. The molecule has 0 unspecified atom stereocenters. The quantitative estimate of drug-likeness (QED) is 0.694. The van der Waals surface area contributed by atoms with Crippen molar-refractivity contribution >= 4 is 10.9 Å². The number of rotatable bonds is 0. The smallest absolute Gasteiger partial charge is 0.178 e. The molecule has 0 saturated heterocycles. The van der Waals surface area contributed by atoms with Gasteiger partial charge in [-0.3, -0.25) is 4.79 Å². The third-order valence-corrected chi connectivity index (χ3v) is 1.68. The average molecular weight is 248 g/mol. The maximum atomic E-state index is 11.2. The number of nitrogens with zero attached hydrogens (tertiary/aromatic N) is 2. The van der Waals surface area contributed by atoms with Crippen LogP contribution in [0.3, 0.4) is 0 Å². The first-order valence-electron chi connectivity index (χ1n) is 3.68. The molecule has 2 aromatic rings. The molecule has 0 fully saturated rings. The number of hydrogen-bond acceptors (Lipinski definition) is 2. The summed E-state index contributed by atoms with van der Waals surface area (Å²) in [4.78, 5) is 19.1. The summed E-state index contributed by atoms with van der Waals surface area (Å²) < 4.78 is 0. The first-order chi connectivity index (χ1) is 5.77. The number of para-hydroxylation sites is 1. The van der Waals surface area contributed by atoms with Crippen LogP contribution < -0.4 is 10.5 Å². The molecule has 0 N–H and O–H groups in total. The molecule has 0 amide bonds. The molecule has 1 aromatic carbocycles. The molecule has 1 heterocycles. The molecule has 3 nitrogen and oxygen atoms in total. The van der Waals surface area contributed by atoms with Crippen molar-refractivity contribution in [3.63, 3.8) is 0 Å². The Bertz CT molecular complexity index is 478. The number of hydrogen-bond donors (Lipinski definition) is 0. The molecule has 0 aliphatic carbocycles. The zero-order valence-electron chi connectivity index (χ0n) is 7.19. The Kier molecular flexibility index (Phi) is 3.34. The van der Waals surface area contributed by atoms with E-state index in [1.165, 1.54) is 0 Å². The van der Waals surface area contributed by atoms with Gasteiger partial charge in [0.25, 0.3) is 0 Å². The molecular weight excluding hydrogens is 241 g/mol.